The molecule has 0 aliphatic rings. The molecule has 6 heteroatoms. The van der Waals surface area contributed by atoms with Crippen LogP contribution in [-0.2, 0) is 6.54 Å². The van der Waals surface area contributed by atoms with Gasteiger partial charge < -0.3 is 0 Å². The van der Waals surface area contributed by atoms with Gasteiger partial charge in [-0.25, -0.2) is 0 Å². The van der Waals surface area contributed by atoms with Crippen LogP contribution in [0.3, 0.4) is 0 Å². The van der Waals surface area contributed by atoms with Crippen molar-refractivity contribution in [2.24, 2.45) is 5.92 Å². The highest BCUT2D eigenvalue weighted by Gasteiger charge is 2.19. The Bertz CT molecular complexity index is 522. The molecule has 0 amide bonds. The first kappa shape index (κ1) is 15.1. The monoisotopic (exact) mass is 262 g/mol. The molecule has 6 nitrogen and oxygen atoms in total. The van der Waals surface area contributed by atoms with Crippen molar-refractivity contribution in [1.82, 2.24) is 9.88 Å². The Kier molecular flexibility index (Phi) is 4.95. The summed E-state index contributed by atoms with van der Waals surface area (Å²) in [6.07, 6.45) is 1.53. The number of aryl methyl sites for hydroxylation is 1. The largest absolute Gasteiger partial charge is 0.299 e. The summed E-state index contributed by atoms with van der Waals surface area (Å²) in [6, 6.07) is 2.16. The molecular formula is C13H18N4O2. The Morgan fingerprint density at radius 2 is 2.21 bits per heavy atom. The number of nitrogens with zero attached hydrogens (tertiary/aromatic N) is 4. The first-order valence-corrected chi connectivity index (χ1v) is 6.04. The zero-order valence-corrected chi connectivity index (χ0v) is 11.7. The maximum Gasteiger partial charge on any atom is 0.278 e. The Labute approximate surface area is 112 Å². The highest BCUT2D eigenvalue weighted by Crippen LogP contribution is 2.24. The second kappa shape index (κ2) is 6.25. The van der Waals surface area contributed by atoms with E-state index in [1.54, 1.807) is 13.8 Å². The summed E-state index contributed by atoms with van der Waals surface area (Å²) >= 11 is 0. The maximum absolute atomic E-state index is 11.0. The van der Waals surface area contributed by atoms with Gasteiger partial charge >= 0.3 is 0 Å². The summed E-state index contributed by atoms with van der Waals surface area (Å²) in [5.74, 6) is -0.0780. The quantitative estimate of drug-likeness (QED) is 0.600. The fourth-order valence-electron chi connectivity index (χ4n) is 2.03. The number of aromatic nitrogens is 1. The molecule has 0 saturated carbocycles. The van der Waals surface area contributed by atoms with Gasteiger partial charge in [-0.05, 0) is 27.8 Å². The number of pyridine rings is 1. The fourth-order valence-corrected chi connectivity index (χ4v) is 2.03. The first-order chi connectivity index (χ1) is 8.86. The molecule has 1 atom stereocenters. The normalized spacial score (nSPS) is 12.2. The molecule has 1 unspecified atom stereocenters. The van der Waals surface area contributed by atoms with Crippen molar-refractivity contribution in [3.8, 4) is 6.07 Å². The van der Waals surface area contributed by atoms with Gasteiger partial charge in [-0.1, -0.05) is 0 Å². The Balaban J connectivity index is 2.94. The molecule has 19 heavy (non-hydrogen) atoms. The summed E-state index contributed by atoms with van der Waals surface area (Å²) < 4.78 is 0. The molecule has 1 rings (SSSR count). The average Bonchev–Trinajstić information content (AvgIpc) is 2.32. The molecule has 0 fully saturated rings. The van der Waals surface area contributed by atoms with Gasteiger partial charge in [-0.15, -0.1) is 0 Å². The maximum atomic E-state index is 11.0. The zero-order valence-electron chi connectivity index (χ0n) is 11.7. The molecule has 1 heterocycles. The molecule has 0 saturated heterocycles. The van der Waals surface area contributed by atoms with Crippen LogP contribution in [0.5, 0.6) is 0 Å². The summed E-state index contributed by atoms with van der Waals surface area (Å²) in [6.45, 7) is 6.35. The van der Waals surface area contributed by atoms with Crippen LogP contribution >= 0.6 is 0 Å². The van der Waals surface area contributed by atoms with Crippen molar-refractivity contribution < 1.29 is 4.92 Å². The molecule has 0 spiro atoms. The van der Waals surface area contributed by atoms with E-state index in [2.05, 4.69) is 11.1 Å². The van der Waals surface area contributed by atoms with E-state index in [0.29, 0.717) is 29.9 Å². The van der Waals surface area contributed by atoms with Gasteiger partial charge in [0.15, 0.2) is 0 Å². The second-order valence-electron chi connectivity index (χ2n) is 4.85. The molecule has 0 aliphatic carbocycles. The number of nitro groups is 1. The van der Waals surface area contributed by atoms with Crippen molar-refractivity contribution in [2.45, 2.75) is 27.3 Å². The predicted molar refractivity (Wildman–Crippen MR) is 71.5 cm³/mol. The Hall–Kier alpha value is -2.00. The van der Waals surface area contributed by atoms with Crippen molar-refractivity contribution in [2.75, 3.05) is 13.6 Å². The molecule has 0 bridgehead atoms. The summed E-state index contributed by atoms with van der Waals surface area (Å²) in [5, 5.41) is 19.8. The minimum Gasteiger partial charge on any atom is -0.299 e. The Morgan fingerprint density at radius 1 is 1.58 bits per heavy atom. The van der Waals surface area contributed by atoms with E-state index in [0.717, 1.165) is 0 Å². The van der Waals surface area contributed by atoms with Crippen LogP contribution in [0.2, 0.25) is 0 Å². The van der Waals surface area contributed by atoms with Crippen LogP contribution in [0.4, 0.5) is 5.69 Å². The van der Waals surface area contributed by atoms with Crippen molar-refractivity contribution in [1.29, 1.82) is 5.26 Å². The first-order valence-electron chi connectivity index (χ1n) is 6.04. The highest BCUT2D eigenvalue weighted by molar-refractivity contribution is 5.47. The Morgan fingerprint density at radius 3 is 2.74 bits per heavy atom. The number of hydrogen-bond acceptors (Lipinski definition) is 5. The third kappa shape index (κ3) is 3.73. The van der Waals surface area contributed by atoms with Crippen LogP contribution in [0.1, 0.15) is 23.7 Å². The molecule has 1 aromatic heterocycles. The molecule has 0 aromatic carbocycles. The minimum absolute atomic E-state index is 0.0780. The molecule has 1 aromatic rings. The van der Waals surface area contributed by atoms with Crippen LogP contribution in [-0.4, -0.2) is 28.4 Å². The summed E-state index contributed by atoms with van der Waals surface area (Å²) in [7, 11) is 1.88. The van der Waals surface area contributed by atoms with Crippen LogP contribution in [0.25, 0.3) is 0 Å². The number of hydrogen-bond donors (Lipinski definition) is 0. The van der Waals surface area contributed by atoms with Gasteiger partial charge in [-0.2, -0.15) is 5.26 Å². The SMILES string of the molecule is Cc1cnc(CN(C)CC(C)C#N)c(C)c1[N+](=O)[O-]. The van der Waals surface area contributed by atoms with Crippen LogP contribution in [0.15, 0.2) is 6.20 Å². The van der Waals surface area contributed by atoms with Gasteiger partial charge in [0.05, 0.1) is 22.6 Å². The number of rotatable bonds is 5. The van der Waals surface area contributed by atoms with E-state index in [-0.39, 0.29) is 16.5 Å². The van der Waals surface area contributed by atoms with Gasteiger partial charge in [0, 0.05) is 30.4 Å². The van der Waals surface area contributed by atoms with Crippen molar-refractivity contribution in [3.05, 3.63) is 33.1 Å². The molecule has 0 radical (unpaired) electrons. The van der Waals surface area contributed by atoms with E-state index < -0.39 is 0 Å². The number of nitriles is 1. The molecular weight excluding hydrogens is 244 g/mol. The molecule has 0 aliphatic heterocycles. The predicted octanol–water partition coefficient (Wildman–Crippen LogP) is 2.20. The van der Waals surface area contributed by atoms with Crippen molar-refractivity contribution in [3.63, 3.8) is 0 Å². The van der Waals surface area contributed by atoms with Crippen LogP contribution < -0.4 is 0 Å². The lowest BCUT2D eigenvalue weighted by molar-refractivity contribution is -0.386. The summed E-state index contributed by atoms with van der Waals surface area (Å²) in [4.78, 5) is 16.9. The third-order valence-electron chi connectivity index (χ3n) is 2.98. The molecule has 0 N–H and O–H groups in total. The van der Waals surface area contributed by atoms with Gasteiger partial charge in [0.1, 0.15) is 0 Å². The van der Waals surface area contributed by atoms with Crippen LogP contribution in [0, 0.1) is 41.2 Å². The van der Waals surface area contributed by atoms with Crippen molar-refractivity contribution >= 4 is 5.69 Å². The minimum atomic E-state index is -0.367. The van der Waals surface area contributed by atoms with E-state index >= 15 is 0 Å². The lowest BCUT2D eigenvalue weighted by Crippen LogP contribution is -2.24. The van der Waals surface area contributed by atoms with Gasteiger partial charge in [-0.3, -0.25) is 20.0 Å². The lowest BCUT2D eigenvalue weighted by Gasteiger charge is -2.18. The van der Waals surface area contributed by atoms with E-state index in [1.807, 2.05) is 18.9 Å². The van der Waals surface area contributed by atoms with E-state index in [4.69, 9.17) is 5.26 Å². The summed E-state index contributed by atoms with van der Waals surface area (Å²) in [5.41, 5.74) is 1.98. The van der Waals surface area contributed by atoms with Gasteiger partial charge in [0.2, 0.25) is 0 Å². The average molecular weight is 262 g/mol. The lowest BCUT2D eigenvalue weighted by atomic mass is 10.1. The third-order valence-corrected chi connectivity index (χ3v) is 2.98. The van der Waals surface area contributed by atoms with Gasteiger partial charge in [0.25, 0.3) is 5.69 Å². The topological polar surface area (TPSA) is 83.1 Å². The second-order valence-corrected chi connectivity index (χ2v) is 4.85. The standard InChI is InChI=1S/C13H18N4O2/c1-9(5-14)7-16(4)8-12-11(3)13(17(18)19)10(2)6-15-12/h6,9H,7-8H2,1-4H3. The van der Waals surface area contributed by atoms with E-state index in [9.17, 15) is 10.1 Å². The molecule has 102 valence electrons. The van der Waals surface area contributed by atoms with E-state index in [1.165, 1.54) is 6.20 Å². The fraction of sp³-hybridized carbons (Fsp3) is 0.538. The smallest absolute Gasteiger partial charge is 0.278 e. The zero-order chi connectivity index (χ0) is 14.6. The highest BCUT2D eigenvalue weighted by atomic mass is 16.6.